The zero-order valence-corrected chi connectivity index (χ0v) is 18.2. The number of rotatable bonds is 8. The van der Waals surface area contributed by atoms with Gasteiger partial charge >= 0.3 is 0 Å². The fraction of sp³-hybridized carbons (Fsp3) is 0.360. The van der Waals surface area contributed by atoms with E-state index in [0.29, 0.717) is 11.5 Å². The molecule has 1 saturated heterocycles. The van der Waals surface area contributed by atoms with Crippen molar-refractivity contribution >= 4 is 17.4 Å². The van der Waals surface area contributed by atoms with Gasteiger partial charge in [0.2, 0.25) is 0 Å². The average molecular weight is 424 g/mol. The number of aliphatic hydroxyl groups excluding tert-OH is 2. The van der Waals surface area contributed by atoms with E-state index >= 15 is 0 Å². The van der Waals surface area contributed by atoms with Gasteiger partial charge in [0.15, 0.2) is 0 Å². The standard InChI is InChI=1S/C25H29NO5/c1-16(2)18-8-10-19(11-9-18)22-21(23(28)20-6-4-17(3)5-7-20)24(29)25(30)26(22)12-14-31-15-13-27/h4-11,16,22,27-28H,12-15H2,1-3H3. The topological polar surface area (TPSA) is 87.1 Å². The molecule has 2 N–H and O–H groups in total. The smallest absolute Gasteiger partial charge is 0.295 e. The Morgan fingerprint density at radius 2 is 1.68 bits per heavy atom. The molecule has 31 heavy (non-hydrogen) atoms. The Bertz CT molecular complexity index is 960. The highest BCUT2D eigenvalue weighted by molar-refractivity contribution is 6.46. The summed E-state index contributed by atoms with van der Waals surface area (Å²) in [5.41, 5.74) is 3.49. The predicted molar refractivity (Wildman–Crippen MR) is 119 cm³/mol. The van der Waals surface area contributed by atoms with Crippen LogP contribution in [0.15, 0.2) is 54.1 Å². The van der Waals surface area contributed by atoms with Gasteiger partial charge < -0.3 is 19.8 Å². The second kappa shape index (κ2) is 9.90. The minimum Gasteiger partial charge on any atom is -0.507 e. The van der Waals surface area contributed by atoms with Crippen molar-refractivity contribution in [2.75, 3.05) is 26.4 Å². The maximum atomic E-state index is 13.0. The van der Waals surface area contributed by atoms with Gasteiger partial charge in [0.1, 0.15) is 5.76 Å². The second-order valence-corrected chi connectivity index (χ2v) is 8.02. The van der Waals surface area contributed by atoms with Crippen LogP contribution in [0.5, 0.6) is 0 Å². The fourth-order valence-electron chi connectivity index (χ4n) is 3.72. The van der Waals surface area contributed by atoms with Crippen LogP contribution in [-0.4, -0.2) is 53.2 Å². The Hall–Kier alpha value is -2.96. The van der Waals surface area contributed by atoms with Crippen LogP contribution in [0.2, 0.25) is 0 Å². The van der Waals surface area contributed by atoms with Crippen molar-refractivity contribution in [3.63, 3.8) is 0 Å². The van der Waals surface area contributed by atoms with Crippen molar-refractivity contribution in [3.05, 3.63) is 76.4 Å². The van der Waals surface area contributed by atoms with Crippen LogP contribution in [0.1, 0.15) is 48.1 Å². The molecule has 1 fully saturated rings. The van der Waals surface area contributed by atoms with Crippen molar-refractivity contribution in [3.8, 4) is 0 Å². The van der Waals surface area contributed by atoms with E-state index < -0.39 is 17.7 Å². The van der Waals surface area contributed by atoms with Gasteiger partial charge in [-0.1, -0.05) is 67.9 Å². The number of carbonyl (C=O) groups excluding carboxylic acids is 2. The highest BCUT2D eigenvalue weighted by Gasteiger charge is 2.45. The van der Waals surface area contributed by atoms with Crippen LogP contribution >= 0.6 is 0 Å². The molecule has 6 nitrogen and oxygen atoms in total. The molecule has 1 atom stereocenters. The summed E-state index contributed by atoms with van der Waals surface area (Å²) in [7, 11) is 0. The molecule has 1 aliphatic heterocycles. The van der Waals surface area contributed by atoms with E-state index in [9.17, 15) is 14.7 Å². The number of benzene rings is 2. The molecular formula is C25H29NO5. The molecule has 0 spiro atoms. The van der Waals surface area contributed by atoms with Crippen molar-refractivity contribution in [2.45, 2.75) is 32.7 Å². The van der Waals surface area contributed by atoms with Gasteiger partial charge in [-0.15, -0.1) is 0 Å². The number of Topliss-reactive ketones (excluding diaryl/α,β-unsaturated/α-hetero) is 1. The molecular weight excluding hydrogens is 394 g/mol. The maximum Gasteiger partial charge on any atom is 0.295 e. The third-order valence-corrected chi connectivity index (χ3v) is 5.50. The van der Waals surface area contributed by atoms with Crippen LogP contribution in [0.25, 0.3) is 5.76 Å². The number of carbonyl (C=O) groups is 2. The molecule has 0 aromatic heterocycles. The van der Waals surface area contributed by atoms with Gasteiger partial charge in [-0.2, -0.15) is 0 Å². The van der Waals surface area contributed by atoms with E-state index in [1.807, 2.05) is 43.3 Å². The SMILES string of the molecule is Cc1ccc(C(O)=C2C(=O)C(=O)N(CCOCCO)C2c2ccc(C(C)C)cc2)cc1. The molecule has 1 aliphatic rings. The second-order valence-electron chi connectivity index (χ2n) is 8.02. The molecule has 3 rings (SSSR count). The Kier molecular flexibility index (Phi) is 7.25. The van der Waals surface area contributed by atoms with E-state index in [0.717, 1.165) is 16.7 Å². The zero-order chi connectivity index (χ0) is 22.5. The number of amides is 1. The molecule has 0 radical (unpaired) electrons. The monoisotopic (exact) mass is 423 g/mol. The van der Waals surface area contributed by atoms with E-state index in [1.165, 1.54) is 4.90 Å². The van der Waals surface area contributed by atoms with Crippen molar-refractivity contribution in [1.82, 2.24) is 4.90 Å². The van der Waals surface area contributed by atoms with E-state index in [2.05, 4.69) is 13.8 Å². The summed E-state index contributed by atoms with van der Waals surface area (Å²) >= 11 is 0. The highest BCUT2D eigenvalue weighted by atomic mass is 16.5. The van der Waals surface area contributed by atoms with Gasteiger partial charge in [0.25, 0.3) is 11.7 Å². The van der Waals surface area contributed by atoms with E-state index in [-0.39, 0.29) is 37.7 Å². The summed E-state index contributed by atoms with van der Waals surface area (Å²) in [5.74, 6) is -1.22. The minimum atomic E-state index is -0.710. The Balaban J connectivity index is 2.06. The number of hydrogen-bond acceptors (Lipinski definition) is 5. The number of likely N-dealkylation sites (tertiary alicyclic amines) is 1. The normalized spacial score (nSPS) is 18.2. The first-order valence-electron chi connectivity index (χ1n) is 10.5. The van der Waals surface area contributed by atoms with Crippen LogP contribution in [-0.2, 0) is 14.3 Å². The van der Waals surface area contributed by atoms with Crippen molar-refractivity contribution < 1.29 is 24.5 Å². The van der Waals surface area contributed by atoms with Gasteiger partial charge in [-0.25, -0.2) is 0 Å². The fourth-order valence-corrected chi connectivity index (χ4v) is 3.72. The molecule has 1 heterocycles. The summed E-state index contributed by atoms with van der Waals surface area (Å²) in [6, 6.07) is 14.2. The van der Waals surface area contributed by atoms with E-state index in [4.69, 9.17) is 9.84 Å². The van der Waals surface area contributed by atoms with E-state index in [1.54, 1.807) is 12.1 Å². The molecule has 0 bridgehead atoms. The van der Waals surface area contributed by atoms with Gasteiger partial charge in [0.05, 0.1) is 31.4 Å². The maximum absolute atomic E-state index is 13.0. The predicted octanol–water partition coefficient (Wildman–Crippen LogP) is 3.55. The molecule has 1 unspecified atom stereocenters. The third-order valence-electron chi connectivity index (χ3n) is 5.50. The first kappa shape index (κ1) is 22.7. The lowest BCUT2D eigenvalue weighted by Gasteiger charge is -2.25. The minimum absolute atomic E-state index is 0.0771. The number of nitrogens with zero attached hydrogens (tertiary/aromatic N) is 1. The Labute approximate surface area is 182 Å². The van der Waals surface area contributed by atoms with Gasteiger partial charge in [-0.3, -0.25) is 9.59 Å². The first-order valence-corrected chi connectivity index (χ1v) is 10.5. The number of hydrogen-bond donors (Lipinski definition) is 2. The Morgan fingerprint density at radius 3 is 2.26 bits per heavy atom. The van der Waals surface area contributed by atoms with Crippen LogP contribution in [0, 0.1) is 6.92 Å². The molecule has 2 aromatic carbocycles. The van der Waals surface area contributed by atoms with Crippen molar-refractivity contribution in [2.24, 2.45) is 0 Å². The third kappa shape index (κ3) is 4.86. The first-order chi connectivity index (χ1) is 14.8. The summed E-state index contributed by atoms with van der Waals surface area (Å²) in [6.45, 7) is 6.51. The lowest BCUT2D eigenvalue weighted by atomic mass is 9.93. The number of aliphatic hydroxyl groups is 2. The summed E-state index contributed by atoms with van der Waals surface area (Å²) in [5, 5.41) is 19.9. The van der Waals surface area contributed by atoms with Crippen LogP contribution in [0.3, 0.4) is 0 Å². The number of aryl methyl sites for hydroxylation is 1. The quantitative estimate of drug-likeness (QED) is 0.293. The lowest BCUT2D eigenvalue weighted by molar-refractivity contribution is -0.140. The molecule has 0 saturated carbocycles. The zero-order valence-electron chi connectivity index (χ0n) is 18.2. The largest absolute Gasteiger partial charge is 0.507 e. The molecule has 2 aromatic rings. The van der Waals surface area contributed by atoms with Crippen LogP contribution < -0.4 is 0 Å². The summed E-state index contributed by atoms with van der Waals surface area (Å²) < 4.78 is 5.32. The number of ketones is 1. The lowest BCUT2D eigenvalue weighted by Crippen LogP contribution is -2.33. The van der Waals surface area contributed by atoms with Crippen LogP contribution in [0.4, 0.5) is 0 Å². The Morgan fingerprint density at radius 1 is 1.03 bits per heavy atom. The molecule has 0 aliphatic carbocycles. The summed E-state index contributed by atoms with van der Waals surface area (Å²) in [6.07, 6.45) is 0. The number of ether oxygens (including phenoxy) is 1. The van der Waals surface area contributed by atoms with Crippen molar-refractivity contribution in [1.29, 1.82) is 0 Å². The molecule has 1 amide bonds. The average Bonchev–Trinajstić information content (AvgIpc) is 3.01. The molecule has 164 valence electrons. The van der Waals surface area contributed by atoms with Gasteiger partial charge in [-0.05, 0) is 24.0 Å². The highest BCUT2D eigenvalue weighted by Crippen LogP contribution is 2.39. The van der Waals surface area contributed by atoms with Gasteiger partial charge in [0, 0.05) is 12.1 Å². The molecule has 6 heteroatoms. The summed E-state index contributed by atoms with van der Waals surface area (Å²) in [4.78, 5) is 27.2.